The third-order valence-corrected chi connectivity index (χ3v) is 16.6. The fourth-order valence-electron chi connectivity index (χ4n) is 11.7. The largest absolute Gasteiger partial charge is 0.421 e. The average Bonchev–Trinajstić information content (AvgIpc) is 3.68. The van der Waals surface area contributed by atoms with Gasteiger partial charge in [-0.2, -0.15) is 10.5 Å². The number of nitriles is 2. The van der Waals surface area contributed by atoms with Gasteiger partial charge in [0.25, 0.3) is 0 Å². The van der Waals surface area contributed by atoms with Crippen molar-refractivity contribution in [1.29, 1.82) is 10.5 Å². The van der Waals surface area contributed by atoms with Crippen molar-refractivity contribution in [2.45, 2.75) is 64.3 Å². The Balaban J connectivity index is 1.26. The van der Waals surface area contributed by atoms with E-state index >= 15 is 0 Å². The number of anilines is 8. The third-order valence-electron chi connectivity index (χ3n) is 14.1. The Hall–Kier alpha value is -6.19. The fourth-order valence-corrected chi connectivity index (χ4v) is 14.0. The molecule has 0 spiro atoms. The molecule has 6 aliphatic heterocycles. The summed E-state index contributed by atoms with van der Waals surface area (Å²) in [4.78, 5) is 14.4. The Morgan fingerprint density at radius 1 is 0.550 bits per heavy atom. The van der Waals surface area contributed by atoms with Gasteiger partial charge in [0, 0.05) is 70.5 Å². The summed E-state index contributed by atoms with van der Waals surface area (Å²) in [5.74, 6) is 0.134. The highest BCUT2D eigenvalue weighted by Crippen LogP contribution is 2.72. The van der Waals surface area contributed by atoms with Gasteiger partial charge in [0.15, 0.2) is 0 Å². The smallest absolute Gasteiger partial charge is 0.363 e. The maximum atomic E-state index is 10.4. The molecule has 0 bridgehead atoms. The monoisotopic (exact) mass is 806 g/mol. The SMILES string of the molecule is CC1(C)c2cc(C#N)ccc2N2B3c4ccccc4Sc4ccccc4N3c3c2c1c1c2c3C(C)(C)c3cc(C#N)ccc3N2B2C3C=CC=CC3Sc3ccccc3N21. The van der Waals surface area contributed by atoms with E-state index in [1.54, 1.807) is 0 Å². The minimum absolute atomic E-state index is 0.0951. The molecule has 1 aliphatic carbocycles. The quantitative estimate of drug-likeness (QED) is 0.141. The summed E-state index contributed by atoms with van der Waals surface area (Å²) in [6, 6.07) is 44.6. The van der Waals surface area contributed by atoms with Crippen molar-refractivity contribution in [2.24, 2.45) is 0 Å². The molecular weight excluding hydrogens is 770 g/mol. The Morgan fingerprint density at radius 3 is 1.70 bits per heavy atom. The van der Waals surface area contributed by atoms with E-state index < -0.39 is 10.8 Å². The van der Waals surface area contributed by atoms with Crippen LogP contribution in [-0.4, -0.2) is 19.2 Å². The lowest BCUT2D eigenvalue weighted by molar-refractivity contribution is 0.623. The van der Waals surface area contributed by atoms with Gasteiger partial charge in [-0.3, -0.25) is 0 Å². The molecule has 6 heterocycles. The van der Waals surface area contributed by atoms with E-state index in [1.807, 2.05) is 35.7 Å². The summed E-state index contributed by atoms with van der Waals surface area (Å²) in [5.41, 5.74) is 16.0. The van der Waals surface area contributed by atoms with Crippen molar-refractivity contribution >= 4 is 88.5 Å². The number of nitrogens with zero attached hydrogens (tertiary/aromatic N) is 6. The normalized spacial score (nSPS) is 20.4. The second-order valence-corrected chi connectivity index (χ2v) is 20.2. The lowest BCUT2D eigenvalue weighted by Gasteiger charge is -2.46. The minimum atomic E-state index is -0.517. The Morgan fingerprint density at radius 2 is 1.05 bits per heavy atom. The van der Waals surface area contributed by atoms with Crippen LogP contribution in [0.25, 0.3) is 0 Å². The van der Waals surface area contributed by atoms with Gasteiger partial charge in [0.05, 0.1) is 46.0 Å². The third kappa shape index (κ3) is 4.14. The molecule has 6 nitrogen and oxygen atoms in total. The fraction of sp³-hybridized carbons (Fsp3) is 0.160. The van der Waals surface area contributed by atoms with E-state index in [4.69, 9.17) is 0 Å². The minimum Gasteiger partial charge on any atom is -0.363 e. The van der Waals surface area contributed by atoms with Crippen molar-refractivity contribution in [3.63, 3.8) is 0 Å². The Kier molecular flexibility index (Phi) is 6.79. The molecule has 2 unspecified atom stereocenters. The maximum absolute atomic E-state index is 10.4. The van der Waals surface area contributed by atoms with E-state index in [0.29, 0.717) is 11.1 Å². The number of para-hydroxylation sites is 2. The molecule has 0 saturated heterocycles. The maximum Gasteiger partial charge on any atom is 0.421 e. The summed E-state index contributed by atoms with van der Waals surface area (Å²) < 4.78 is 0. The number of rotatable bonds is 0. The molecule has 284 valence electrons. The molecule has 13 rings (SSSR count). The molecule has 7 aliphatic rings. The molecule has 6 aromatic carbocycles. The summed E-state index contributed by atoms with van der Waals surface area (Å²) in [5, 5.41) is 21.1. The van der Waals surface area contributed by atoms with Crippen LogP contribution in [0.2, 0.25) is 5.82 Å². The van der Waals surface area contributed by atoms with Crippen LogP contribution in [0.5, 0.6) is 0 Å². The summed E-state index contributed by atoms with van der Waals surface area (Å²) in [6.45, 7) is 9.23. The molecular formula is C50H36B2N6S2. The Bertz CT molecular complexity index is 3120. The van der Waals surface area contributed by atoms with Crippen molar-refractivity contribution in [3.05, 3.63) is 167 Å². The molecule has 6 aromatic rings. The highest BCUT2D eigenvalue weighted by atomic mass is 32.2. The van der Waals surface area contributed by atoms with E-state index in [9.17, 15) is 10.5 Å². The number of allylic oxidation sites excluding steroid dienone is 3. The van der Waals surface area contributed by atoms with Gasteiger partial charge in [0.2, 0.25) is 0 Å². The van der Waals surface area contributed by atoms with Crippen molar-refractivity contribution in [2.75, 3.05) is 19.2 Å². The molecule has 0 aromatic heterocycles. The zero-order valence-electron chi connectivity index (χ0n) is 33.5. The van der Waals surface area contributed by atoms with Crippen LogP contribution in [0.15, 0.2) is 148 Å². The first-order valence-corrected chi connectivity index (χ1v) is 22.4. The number of fused-ring (bicyclic) bond motifs is 20. The topological polar surface area (TPSA) is 60.5 Å². The number of hydrogen-bond acceptors (Lipinski definition) is 8. The van der Waals surface area contributed by atoms with E-state index in [1.165, 1.54) is 65.4 Å². The second kappa shape index (κ2) is 11.8. The van der Waals surface area contributed by atoms with Crippen LogP contribution < -0.4 is 24.7 Å². The van der Waals surface area contributed by atoms with Crippen LogP contribution in [-0.2, 0) is 10.8 Å². The number of hydrogen-bond donors (Lipinski definition) is 0. The van der Waals surface area contributed by atoms with Gasteiger partial charge in [-0.25, -0.2) is 0 Å². The van der Waals surface area contributed by atoms with Crippen LogP contribution in [0, 0.1) is 22.7 Å². The average molecular weight is 807 g/mol. The molecule has 10 heteroatoms. The summed E-state index contributed by atoms with van der Waals surface area (Å²) >= 11 is 3.80. The van der Waals surface area contributed by atoms with Crippen LogP contribution in [0.3, 0.4) is 0 Å². The van der Waals surface area contributed by atoms with Gasteiger partial charge >= 0.3 is 14.0 Å². The molecule has 0 saturated carbocycles. The van der Waals surface area contributed by atoms with Gasteiger partial charge in [-0.15, -0.1) is 11.8 Å². The van der Waals surface area contributed by atoms with Crippen molar-refractivity contribution in [1.82, 2.24) is 0 Å². The highest BCUT2D eigenvalue weighted by Gasteiger charge is 2.63. The predicted molar refractivity (Wildman–Crippen MR) is 248 cm³/mol. The number of benzene rings is 6. The lowest BCUT2D eigenvalue weighted by Crippen LogP contribution is -2.55. The summed E-state index contributed by atoms with van der Waals surface area (Å²) in [7, 11) is 0. The van der Waals surface area contributed by atoms with Gasteiger partial charge in [0.1, 0.15) is 0 Å². The van der Waals surface area contributed by atoms with Crippen molar-refractivity contribution in [3.8, 4) is 12.1 Å². The first-order valence-electron chi connectivity index (χ1n) is 20.7. The van der Waals surface area contributed by atoms with Gasteiger partial charge in [-0.05, 0) is 83.3 Å². The highest BCUT2D eigenvalue weighted by molar-refractivity contribution is 8.00. The first-order chi connectivity index (χ1) is 29.2. The van der Waals surface area contributed by atoms with Gasteiger partial charge in [-0.1, -0.05) is 106 Å². The van der Waals surface area contributed by atoms with Crippen molar-refractivity contribution < 1.29 is 0 Å². The van der Waals surface area contributed by atoms with Crippen LogP contribution in [0.4, 0.5) is 45.5 Å². The van der Waals surface area contributed by atoms with Crippen LogP contribution >= 0.6 is 23.5 Å². The molecule has 60 heavy (non-hydrogen) atoms. The molecule has 0 fully saturated rings. The second-order valence-electron chi connectivity index (χ2n) is 17.9. The van der Waals surface area contributed by atoms with E-state index in [2.05, 4.69) is 180 Å². The standard InChI is InChI=1S/C50H36B2N6S2/c1-49(2)31-25-29(27-53)21-23-35(31)55-45-43(49)47-46-44(48(45)58-38-16-8-12-20-42(38)60-39-17-9-5-13-33(39)51(55)58)50(3,4)32-26-30(28-54)22-24-36(32)56(46)52-34-14-6-10-18-40(34)59-41-19-11-7-15-37(41)57(47)52/h5-26,33,39H,1-4H3. The van der Waals surface area contributed by atoms with Gasteiger partial charge < -0.3 is 19.2 Å². The molecule has 0 N–H and O–H groups in total. The van der Waals surface area contributed by atoms with E-state index in [-0.39, 0.29) is 25.0 Å². The van der Waals surface area contributed by atoms with E-state index in [0.717, 1.165) is 22.5 Å². The van der Waals surface area contributed by atoms with Crippen LogP contribution in [0.1, 0.15) is 61.1 Å². The first kappa shape index (κ1) is 34.7. The number of thioether (sulfide) groups is 1. The zero-order valence-corrected chi connectivity index (χ0v) is 35.1. The molecule has 0 amide bonds. The Labute approximate surface area is 359 Å². The lowest BCUT2D eigenvalue weighted by atomic mass is 9.55. The molecule has 2 atom stereocenters. The predicted octanol–water partition coefficient (Wildman–Crippen LogP) is 11.6. The molecule has 0 radical (unpaired) electrons. The summed E-state index contributed by atoms with van der Waals surface area (Å²) in [6.07, 6.45) is 9.26. The zero-order chi connectivity index (χ0) is 40.4.